The SMILES string of the molecule is Cc1ccc(N(C)Cc2csc(N)c2C(=O)c2ccc(Cl)cc2)cc1. The molecule has 0 fully saturated rings. The van der Waals surface area contributed by atoms with Gasteiger partial charge in [-0.3, -0.25) is 4.79 Å². The molecule has 2 N–H and O–H groups in total. The van der Waals surface area contributed by atoms with Crippen molar-refractivity contribution < 1.29 is 4.79 Å². The molecule has 128 valence electrons. The average molecular weight is 371 g/mol. The van der Waals surface area contributed by atoms with E-state index in [0.717, 1.165) is 11.3 Å². The monoisotopic (exact) mass is 370 g/mol. The number of hydrogen-bond donors (Lipinski definition) is 1. The van der Waals surface area contributed by atoms with E-state index in [4.69, 9.17) is 17.3 Å². The lowest BCUT2D eigenvalue weighted by molar-refractivity contribution is 0.103. The highest BCUT2D eigenvalue weighted by atomic mass is 35.5. The fraction of sp³-hybridized carbons (Fsp3) is 0.150. The Balaban J connectivity index is 1.87. The Kier molecular flexibility index (Phi) is 5.11. The van der Waals surface area contributed by atoms with Crippen LogP contribution >= 0.6 is 22.9 Å². The van der Waals surface area contributed by atoms with Gasteiger partial charge in [0, 0.05) is 29.9 Å². The molecule has 0 aliphatic carbocycles. The van der Waals surface area contributed by atoms with Crippen LogP contribution in [-0.4, -0.2) is 12.8 Å². The maximum absolute atomic E-state index is 12.9. The number of rotatable bonds is 5. The number of hydrogen-bond acceptors (Lipinski definition) is 4. The lowest BCUT2D eigenvalue weighted by Crippen LogP contribution is -2.18. The number of nitrogens with two attached hydrogens (primary N) is 1. The topological polar surface area (TPSA) is 46.3 Å². The molecule has 0 aliphatic rings. The maximum atomic E-state index is 12.9. The third-order valence-electron chi connectivity index (χ3n) is 4.11. The van der Waals surface area contributed by atoms with Crippen molar-refractivity contribution in [2.75, 3.05) is 17.7 Å². The molecule has 3 aromatic rings. The van der Waals surface area contributed by atoms with Crippen molar-refractivity contribution in [3.05, 3.63) is 81.2 Å². The summed E-state index contributed by atoms with van der Waals surface area (Å²) in [6.07, 6.45) is 0. The van der Waals surface area contributed by atoms with Crippen molar-refractivity contribution >= 4 is 39.4 Å². The predicted octanol–water partition coefficient (Wildman–Crippen LogP) is 5.16. The van der Waals surface area contributed by atoms with Gasteiger partial charge in [-0.05, 0) is 54.3 Å². The van der Waals surface area contributed by atoms with Gasteiger partial charge in [-0.15, -0.1) is 11.3 Å². The Morgan fingerprint density at radius 3 is 2.40 bits per heavy atom. The zero-order valence-electron chi connectivity index (χ0n) is 14.1. The molecule has 5 heteroatoms. The molecule has 3 rings (SSSR count). The number of carbonyl (C=O) groups excluding carboxylic acids is 1. The smallest absolute Gasteiger partial charge is 0.196 e. The van der Waals surface area contributed by atoms with Gasteiger partial charge in [0.1, 0.15) is 0 Å². The molecule has 0 unspecified atom stereocenters. The fourth-order valence-corrected chi connectivity index (χ4v) is 3.61. The molecule has 0 saturated heterocycles. The first kappa shape index (κ1) is 17.5. The summed E-state index contributed by atoms with van der Waals surface area (Å²) in [6.45, 7) is 2.68. The number of anilines is 2. The molecular formula is C20H19ClN2OS. The second-order valence-corrected chi connectivity index (χ2v) is 7.38. The molecular weight excluding hydrogens is 352 g/mol. The van der Waals surface area contributed by atoms with Gasteiger partial charge < -0.3 is 10.6 Å². The highest BCUT2D eigenvalue weighted by Crippen LogP contribution is 2.30. The minimum Gasteiger partial charge on any atom is -0.390 e. The number of ketones is 1. The number of nitrogens with zero attached hydrogens (tertiary/aromatic N) is 1. The summed E-state index contributed by atoms with van der Waals surface area (Å²) in [7, 11) is 2.01. The highest BCUT2D eigenvalue weighted by molar-refractivity contribution is 7.14. The van der Waals surface area contributed by atoms with Crippen molar-refractivity contribution in [1.82, 2.24) is 0 Å². The Morgan fingerprint density at radius 1 is 1.12 bits per heavy atom. The average Bonchev–Trinajstić information content (AvgIpc) is 2.96. The quantitative estimate of drug-likeness (QED) is 0.631. The van der Waals surface area contributed by atoms with E-state index in [1.54, 1.807) is 24.3 Å². The van der Waals surface area contributed by atoms with Crippen LogP contribution in [0.5, 0.6) is 0 Å². The number of halogens is 1. The lowest BCUT2D eigenvalue weighted by Gasteiger charge is -2.20. The van der Waals surface area contributed by atoms with Gasteiger partial charge in [0.2, 0.25) is 0 Å². The van der Waals surface area contributed by atoms with Crippen LogP contribution in [0.2, 0.25) is 5.02 Å². The Hall–Kier alpha value is -2.30. The number of carbonyl (C=O) groups is 1. The van der Waals surface area contributed by atoms with E-state index in [2.05, 4.69) is 36.1 Å². The van der Waals surface area contributed by atoms with Crippen LogP contribution in [0.4, 0.5) is 10.7 Å². The summed E-state index contributed by atoms with van der Waals surface area (Å²) >= 11 is 7.31. The van der Waals surface area contributed by atoms with E-state index in [0.29, 0.717) is 27.7 Å². The van der Waals surface area contributed by atoms with Gasteiger partial charge in [0.25, 0.3) is 0 Å². The van der Waals surface area contributed by atoms with E-state index in [-0.39, 0.29) is 5.78 Å². The van der Waals surface area contributed by atoms with Crippen LogP contribution in [0.1, 0.15) is 27.0 Å². The normalized spacial score (nSPS) is 10.7. The third-order valence-corrected chi connectivity index (χ3v) is 5.22. The first-order valence-corrected chi connectivity index (χ1v) is 9.15. The molecule has 0 bridgehead atoms. The standard InChI is InChI=1S/C20H19ClN2OS/c1-13-3-9-17(10-4-13)23(2)11-15-12-25-20(22)18(15)19(24)14-5-7-16(21)8-6-14/h3-10,12H,11,22H2,1-2H3. The Bertz CT molecular complexity index is 885. The largest absolute Gasteiger partial charge is 0.390 e. The molecule has 0 atom stereocenters. The predicted molar refractivity (Wildman–Crippen MR) is 107 cm³/mol. The van der Waals surface area contributed by atoms with Crippen LogP contribution < -0.4 is 10.6 Å². The molecule has 1 heterocycles. The Labute approximate surface area is 156 Å². The van der Waals surface area contributed by atoms with Crippen LogP contribution in [0.3, 0.4) is 0 Å². The summed E-state index contributed by atoms with van der Waals surface area (Å²) in [5.74, 6) is -0.0669. The van der Waals surface area contributed by atoms with Crippen molar-refractivity contribution in [3.8, 4) is 0 Å². The zero-order valence-corrected chi connectivity index (χ0v) is 15.7. The summed E-state index contributed by atoms with van der Waals surface area (Å²) in [4.78, 5) is 15.0. The van der Waals surface area contributed by atoms with Crippen molar-refractivity contribution in [1.29, 1.82) is 0 Å². The lowest BCUT2D eigenvalue weighted by atomic mass is 10.0. The number of nitrogen functional groups attached to an aromatic ring is 1. The van der Waals surface area contributed by atoms with Crippen molar-refractivity contribution in [2.45, 2.75) is 13.5 Å². The van der Waals surface area contributed by atoms with Crippen LogP contribution in [0.15, 0.2) is 53.9 Å². The number of aryl methyl sites for hydroxylation is 1. The second-order valence-electron chi connectivity index (χ2n) is 6.03. The highest BCUT2D eigenvalue weighted by Gasteiger charge is 2.20. The van der Waals surface area contributed by atoms with Gasteiger partial charge in [-0.1, -0.05) is 29.3 Å². The number of thiophene rings is 1. The van der Waals surface area contributed by atoms with Crippen LogP contribution in [0, 0.1) is 6.92 Å². The minimum atomic E-state index is -0.0669. The first-order valence-electron chi connectivity index (χ1n) is 7.89. The summed E-state index contributed by atoms with van der Waals surface area (Å²) in [6, 6.07) is 15.2. The van der Waals surface area contributed by atoms with Gasteiger partial charge >= 0.3 is 0 Å². The van der Waals surface area contributed by atoms with Crippen LogP contribution in [0.25, 0.3) is 0 Å². The van der Waals surface area contributed by atoms with Crippen molar-refractivity contribution in [2.24, 2.45) is 0 Å². The zero-order chi connectivity index (χ0) is 18.0. The van der Waals surface area contributed by atoms with E-state index < -0.39 is 0 Å². The van der Waals surface area contributed by atoms with E-state index in [1.807, 2.05) is 12.4 Å². The van der Waals surface area contributed by atoms with Crippen LogP contribution in [-0.2, 0) is 6.54 Å². The van der Waals surface area contributed by atoms with Crippen molar-refractivity contribution in [3.63, 3.8) is 0 Å². The summed E-state index contributed by atoms with van der Waals surface area (Å²) in [5, 5.41) is 3.12. The van der Waals surface area contributed by atoms with Gasteiger partial charge in [0.05, 0.1) is 10.6 Å². The fourth-order valence-electron chi connectivity index (χ4n) is 2.68. The summed E-state index contributed by atoms with van der Waals surface area (Å²) < 4.78 is 0. The van der Waals surface area contributed by atoms with Gasteiger partial charge in [0.15, 0.2) is 5.78 Å². The molecule has 0 aliphatic heterocycles. The van der Waals surface area contributed by atoms with Gasteiger partial charge in [-0.2, -0.15) is 0 Å². The molecule has 0 radical (unpaired) electrons. The molecule has 1 aromatic heterocycles. The Morgan fingerprint density at radius 2 is 1.76 bits per heavy atom. The maximum Gasteiger partial charge on any atom is 0.196 e. The second kappa shape index (κ2) is 7.30. The van der Waals surface area contributed by atoms with E-state index in [1.165, 1.54) is 16.9 Å². The summed E-state index contributed by atoms with van der Waals surface area (Å²) in [5.41, 5.74) is 10.5. The third kappa shape index (κ3) is 3.86. The molecule has 0 spiro atoms. The molecule has 25 heavy (non-hydrogen) atoms. The molecule has 0 amide bonds. The molecule has 3 nitrogen and oxygen atoms in total. The van der Waals surface area contributed by atoms with Gasteiger partial charge in [-0.25, -0.2) is 0 Å². The van der Waals surface area contributed by atoms with E-state index >= 15 is 0 Å². The first-order chi connectivity index (χ1) is 12.0. The van der Waals surface area contributed by atoms with E-state index in [9.17, 15) is 4.79 Å². The number of benzene rings is 2. The molecule has 0 saturated carbocycles. The molecule has 2 aromatic carbocycles. The minimum absolute atomic E-state index is 0.0669.